The first-order valence-electron chi connectivity index (χ1n) is 7.27. The van der Waals surface area contributed by atoms with E-state index in [1.807, 2.05) is 0 Å². The summed E-state index contributed by atoms with van der Waals surface area (Å²) < 4.78 is 2.34. The molecule has 0 bridgehead atoms. The monoisotopic (exact) mass is 256 g/mol. The average Bonchev–Trinajstić information content (AvgIpc) is 2.63. The standard InChI is InChI=1S/C17H24N2/c1-17(2,3)11-8-9-14-12(10-11)16-13(18)6-5-7-15(16)19(14)4/h8-10,13H,5-7,18H2,1-4H3. The lowest BCUT2D eigenvalue weighted by atomic mass is 9.85. The summed E-state index contributed by atoms with van der Waals surface area (Å²) >= 11 is 0. The van der Waals surface area contributed by atoms with Gasteiger partial charge >= 0.3 is 0 Å². The normalized spacial score (nSPS) is 19.7. The molecule has 2 nitrogen and oxygen atoms in total. The Labute approximate surface area is 115 Å². The Morgan fingerprint density at radius 1 is 1.26 bits per heavy atom. The van der Waals surface area contributed by atoms with E-state index in [9.17, 15) is 0 Å². The van der Waals surface area contributed by atoms with Gasteiger partial charge in [0.25, 0.3) is 0 Å². The number of hydrogen-bond donors (Lipinski definition) is 1. The molecule has 2 N–H and O–H groups in total. The van der Waals surface area contributed by atoms with E-state index in [-0.39, 0.29) is 11.5 Å². The summed E-state index contributed by atoms with van der Waals surface area (Å²) in [6.45, 7) is 6.80. The van der Waals surface area contributed by atoms with Crippen LogP contribution in [0.2, 0.25) is 0 Å². The predicted molar refractivity (Wildman–Crippen MR) is 81.5 cm³/mol. The second-order valence-electron chi connectivity index (χ2n) is 6.90. The molecule has 0 spiro atoms. The van der Waals surface area contributed by atoms with Gasteiger partial charge in [0, 0.05) is 29.7 Å². The quantitative estimate of drug-likeness (QED) is 0.763. The third-order valence-electron chi connectivity index (χ3n) is 4.53. The lowest BCUT2D eigenvalue weighted by Gasteiger charge is -2.21. The van der Waals surface area contributed by atoms with Crippen LogP contribution in [0.25, 0.3) is 10.9 Å². The molecule has 0 saturated carbocycles. The Morgan fingerprint density at radius 2 is 2.00 bits per heavy atom. The minimum absolute atomic E-state index is 0.190. The molecule has 0 fully saturated rings. The minimum atomic E-state index is 0.190. The molecular weight excluding hydrogens is 232 g/mol. The van der Waals surface area contributed by atoms with Gasteiger partial charge in [0.2, 0.25) is 0 Å². The Kier molecular flexibility index (Phi) is 2.75. The van der Waals surface area contributed by atoms with Crippen LogP contribution in [0, 0.1) is 0 Å². The van der Waals surface area contributed by atoms with E-state index in [0.29, 0.717) is 0 Å². The van der Waals surface area contributed by atoms with Gasteiger partial charge in [0.1, 0.15) is 0 Å². The molecule has 0 amide bonds. The predicted octanol–water partition coefficient (Wildman–Crippen LogP) is 3.81. The smallest absolute Gasteiger partial charge is 0.0483 e. The number of fused-ring (bicyclic) bond motifs is 3. The van der Waals surface area contributed by atoms with Gasteiger partial charge < -0.3 is 10.3 Å². The number of rotatable bonds is 0. The van der Waals surface area contributed by atoms with E-state index < -0.39 is 0 Å². The van der Waals surface area contributed by atoms with Crippen molar-refractivity contribution in [1.82, 2.24) is 4.57 Å². The van der Waals surface area contributed by atoms with Crippen LogP contribution < -0.4 is 5.73 Å². The summed E-state index contributed by atoms with van der Waals surface area (Å²) in [5.41, 5.74) is 12.1. The molecule has 0 aliphatic heterocycles. The van der Waals surface area contributed by atoms with E-state index in [4.69, 9.17) is 5.73 Å². The molecule has 1 atom stereocenters. The third kappa shape index (κ3) is 1.90. The highest BCUT2D eigenvalue weighted by Gasteiger charge is 2.25. The van der Waals surface area contributed by atoms with Gasteiger partial charge in [0.15, 0.2) is 0 Å². The van der Waals surface area contributed by atoms with E-state index in [0.717, 1.165) is 6.42 Å². The van der Waals surface area contributed by atoms with Crippen LogP contribution >= 0.6 is 0 Å². The molecule has 19 heavy (non-hydrogen) atoms. The minimum Gasteiger partial charge on any atom is -0.347 e. The molecule has 1 aliphatic carbocycles. The maximum absolute atomic E-state index is 6.37. The number of nitrogens with zero attached hydrogens (tertiary/aromatic N) is 1. The summed E-state index contributed by atoms with van der Waals surface area (Å²) in [6, 6.07) is 7.10. The lowest BCUT2D eigenvalue weighted by Crippen LogP contribution is -2.17. The first-order chi connectivity index (χ1) is 8.89. The fourth-order valence-electron chi connectivity index (χ4n) is 3.34. The summed E-state index contributed by atoms with van der Waals surface area (Å²) in [5, 5.41) is 1.37. The number of aryl methyl sites for hydroxylation is 1. The molecule has 2 heteroatoms. The van der Waals surface area contributed by atoms with Crippen LogP contribution in [0.1, 0.15) is 56.5 Å². The number of nitrogens with two attached hydrogens (primary N) is 1. The summed E-state index contributed by atoms with van der Waals surface area (Å²) in [5.74, 6) is 0. The maximum Gasteiger partial charge on any atom is 0.0483 e. The third-order valence-corrected chi connectivity index (χ3v) is 4.53. The van der Waals surface area contributed by atoms with Crippen molar-refractivity contribution < 1.29 is 0 Å². The highest BCUT2D eigenvalue weighted by atomic mass is 15.0. The molecule has 2 aromatic rings. The van der Waals surface area contributed by atoms with Gasteiger partial charge in [-0.2, -0.15) is 0 Å². The van der Waals surface area contributed by atoms with Crippen LogP contribution in [0.3, 0.4) is 0 Å². The summed E-state index contributed by atoms with van der Waals surface area (Å²) in [7, 11) is 2.18. The highest BCUT2D eigenvalue weighted by Crippen LogP contribution is 2.37. The number of aromatic nitrogens is 1. The highest BCUT2D eigenvalue weighted by molar-refractivity contribution is 5.87. The molecule has 1 heterocycles. The van der Waals surface area contributed by atoms with Crippen molar-refractivity contribution in [2.75, 3.05) is 0 Å². The molecular formula is C17H24N2. The van der Waals surface area contributed by atoms with Crippen molar-refractivity contribution >= 4 is 10.9 Å². The van der Waals surface area contributed by atoms with Crippen LogP contribution in [-0.4, -0.2) is 4.57 Å². The zero-order valence-electron chi connectivity index (χ0n) is 12.5. The lowest BCUT2D eigenvalue weighted by molar-refractivity contribution is 0.557. The van der Waals surface area contributed by atoms with Crippen molar-refractivity contribution in [1.29, 1.82) is 0 Å². The molecule has 0 saturated heterocycles. The van der Waals surface area contributed by atoms with Crippen LogP contribution in [0.5, 0.6) is 0 Å². The van der Waals surface area contributed by atoms with Crippen LogP contribution in [-0.2, 0) is 18.9 Å². The number of benzene rings is 1. The first kappa shape index (κ1) is 12.7. The first-order valence-corrected chi connectivity index (χ1v) is 7.27. The van der Waals surface area contributed by atoms with Gasteiger partial charge in [-0.15, -0.1) is 0 Å². The van der Waals surface area contributed by atoms with Crippen LogP contribution in [0.15, 0.2) is 18.2 Å². The second kappa shape index (κ2) is 4.11. The van der Waals surface area contributed by atoms with E-state index >= 15 is 0 Å². The molecule has 1 aliphatic rings. The van der Waals surface area contributed by atoms with Gasteiger partial charge in [-0.1, -0.05) is 26.8 Å². The Balaban J connectivity index is 2.31. The zero-order chi connectivity index (χ0) is 13.8. The SMILES string of the molecule is Cn1c2c(c3cc(C(C)(C)C)ccc31)C(N)CCC2. The van der Waals surface area contributed by atoms with Gasteiger partial charge in [0.05, 0.1) is 0 Å². The van der Waals surface area contributed by atoms with Gasteiger partial charge in [-0.05, 0) is 47.9 Å². The average molecular weight is 256 g/mol. The largest absolute Gasteiger partial charge is 0.347 e. The van der Waals surface area contributed by atoms with Gasteiger partial charge in [-0.3, -0.25) is 0 Å². The van der Waals surface area contributed by atoms with Crippen molar-refractivity contribution in [3.8, 4) is 0 Å². The van der Waals surface area contributed by atoms with Crippen molar-refractivity contribution in [2.24, 2.45) is 12.8 Å². The van der Waals surface area contributed by atoms with E-state index in [2.05, 4.69) is 50.6 Å². The molecule has 3 rings (SSSR count). The maximum atomic E-state index is 6.37. The number of hydrogen-bond acceptors (Lipinski definition) is 1. The topological polar surface area (TPSA) is 30.9 Å². The summed E-state index contributed by atoms with van der Waals surface area (Å²) in [4.78, 5) is 0. The Hall–Kier alpha value is -1.28. The van der Waals surface area contributed by atoms with Crippen molar-refractivity contribution in [2.45, 2.75) is 51.5 Å². The molecule has 102 valence electrons. The van der Waals surface area contributed by atoms with Crippen molar-refractivity contribution in [3.63, 3.8) is 0 Å². The van der Waals surface area contributed by atoms with Crippen molar-refractivity contribution in [3.05, 3.63) is 35.0 Å². The second-order valence-corrected chi connectivity index (χ2v) is 6.90. The molecule has 1 unspecified atom stereocenters. The fourth-order valence-corrected chi connectivity index (χ4v) is 3.34. The molecule has 1 aromatic heterocycles. The van der Waals surface area contributed by atoms with E-state index in [1.165, 1.54) is 40.6 Å². The zero-order valence-corrected chi connectivity index (χ0v) is 12.5. The summed E-state index contributed by atoms with van der Waals surface area (Å²) in [6.07, 6.45) is 3.50. The van der Waals surface area contributed by atoms with Crippen LogP contribution in [0.4, 0.5) is 0 Å². The molecule has 0 radical (unpaired) electrons. The fraction of sp³-hybridized carbons (Fsp3) is 0.529. The Morgan fingerprint density at radius 3 is 2.68 bits per heavy atom. The Bertz CT molecular complexity index is 629. The van der Waals surface area contributed by atoms with Gasteiger partial charge in [-0.25, -0.2) is 0 Å². The van der Waals surface area contributed by atoms with E-state index in [1.54, 1.807) is 0 Å². The molecule has 1 aromatic carbocycles.